The molecule has 0 aliphatic carbocycles. The Morgan fingerprint density at radius 3 is 2.35 bits per heavy atom. The van der Waals surface area contributed by atoms with Gasteiger partial charge in [-0.15, -0.1) is 0 Å². The van der Waals surface area contributed by atoms with Crippen LogP contribution >= 0.6 is 0 Å². The molecule has 0 aromatic rings. The van der Waals surface area contributed by atoms with E-state index in [1.165, 1.54) is 17.1 Å². The van der Waals surface area contributed by atoms with E-state index in [4.69, 9.17) is 5.11 Å². The van der Waals surface area contributed by atoms with Crippen molar-refractivity contribution < 1.29 is 19.5 Å². The SMILES string of the molecule is CN(CCCCCCN1CCN(C(=O)O)CC1)C(=O)/C=C\C=O. The van der Waals surface area contributed by atoms with E-state index in [1.807, 2.05) is 0 Å². The molecule has 1 fully saturated rings. The molecule has 130 valence electrons. The molecule has 0 aromatic carbocycles. The molecular weight excluding hydrogens is 298 g/mol. The van der Waals surface area contributed by atoms with E-state index in [1.54, 1.807) is 11.9 Å². The number of carbonyl (C=O) groups is 3. The third-order valence-electron chi connectivity index (χ3n) is 4.05. The number of hydrogen-bond acceptors (Lipinski definition) is 4. The fourth-order valence-electron chi connectivity index (χ4n) is 2.56. The minimum Gasteiger partial charge on any atom is -0.465 e. The summed E-state index contributed by atoms with van der Waals surface area (Å²) < 4.78 is 0. The van der Waals surface area contributed by atoms with Crippen molar-refractivity contribution in [2.45, 2.75) is 25.7 Å². The Morgan fingerprint density at radius 1 is 1.09 bits per heavy atom. The Hall–Kier alpha value is -1.89. The van der Waals surface area contributed by atoms with Crippen LogP contribution in [0.2, 0.25) is 0 Å². The second kappa shape index (κ2) is 10.8. The third-order valence-corrected chi connectivity index (χ3v) is 4.05. The number of likely N-dealkylation sites (N-methyl/N-ethyl adjacent to an activating group) is 1. The molecule has 1 saturated heterocycles. The van der Waals surface area contributed by atoms with Crippen molar-refractivity contribution in [3.63, 3.8) is 0 Å². The summed E-state index contributed by atoms with van der Waals surface area (Å²) in [6.45, 7) is 4.51. The molecule has 1 heterocycles. The zero-order valence-electron chi connectivity index (χ0n) is 13.8. The highest BCUT2D eigenvalue weighted by molar-refractivity contribution is 5.90. The number of unbranched alkanes of at least 4 members (excludes halogenated alkanes) is 3. The van der Waals surface area contributed by atoms with E-state index < -0.39 is 6.09 Å². The van der Waals surface area contributed by atoms with Crippen LogP contribution in [-0.4, -0.2) is 84.4 Å². The molecule has 0 unspecified atom stereocenters. The van der Waals surface area contributed by atoms with Gasteiger partial charge in [0.05, 0.1) is 0 Å². The van der Waals surface area contributed by atoms with Gasteiger partial charge in [-0.1, -0.05) is 12.8 Å². The molecule has 23 heavy (non-hydrogen) atoms. The maximum absolute atomic E-state index is 11.5. The molecule has 1 rings (SSSR count). The molecule has 1 aliphatic rings. The largest absolute Gasteiger partial charge is 0.465 e. The van der Waals surface area contributed by atoms with Crippen LogP contribution < -0.4 is 0 Å². The molecule has 0 aromatic heterocycles. The minimum atomic E-state index is -0.827. The highest BCUT2D eigenvalue weighted by atomic mass is 16.4. The second-order valence-electron chi connectivity index (χ2n) is 5.78. The Bertz CT molecular complexity index is 418. The van der Waals surface area contributed by atoms with E-state index >= 15 is 0 Å². The van der Waals surface area contributed by atoms with Crippen molar-refractivity contribution in [3.05, 3.63) is 12.2 Å². The van der Waals surface area contributed by atoms with Crippen molar-refractivity contribution in [1.29, 1.82) is 0 Å². The van der Waals surface area contributed by atoms with Crippen LogP contribution in [0.3, 0.4) is 0 Å². The summed E-state index contributed by atoms with van der Waals surface area (Å²) in [5, 5.41) is 8.89. The average molecular weight is 325 g/mol. The fraction of sp³-hybridized carbons (Fsp3) is 0.688. The van der Waals surface area contributed by atoms with Gasteiger partial charge >= 0.3 is 6.09 Å². The minimum absolute atomic E-state index is 0.145. The van der Waals surface area contributed by atoms with Gasteiger partial charge in [-0.2, -0.15) is 0 Å². The van der Waals surface area contributed by atoms with Gasteiger partial charge in [-0.05, 0) is 25.5 Å². The molecule has 0 radical (unpaired) electrons. The zero-order valence-corrected chi connectivity index (χ0v) is 13.8. The number of amides is 2. The van der Waals surface area contributed by atoms with Gasteiger partial charge in [0, 0.05) is 45.8 Å². The van der Waals surface area contributed by atoms with Gasteiger partial charge in [-0.3, -0.25) is 14.5 Å². The quantitative estimate of drug-likeness (QED) is 0.389. The normalized spacial score (nSPS) is 15.8. The molecule has 1 N–H and O–H groups in total. The van der Waals surface area contributed by atoms with E-state index in [2.05, 4.69) is 4.90 Å². The molecule has 7 nitrogen and oxygen atoms in total. The molecule has 0 spiro atoms. The van der Waals surface area contributed by atoms with Gasteiger partial charge < -0.3 is 14.9 Å². The van der Waals surface area contributed by atoms with Crippen molar-refractivity contribution >= 4 is 18.3 Å². The molecule has 0 bridgehead atoms. The summed E-state index contributed by atoms with van der Waals surface area (Å²) in [5.74, 6) is -0.145. The summed E-state index contributed by atoms with van der Waals surface area (Å²) >= 11 is 0. The predicted molar refractivity (Wildman–Crippen MR) is 87.3 cm³/mol. The number of carbonyl (C=O) groups excluding carboxylic acids is 2. The number of allylic oxidation sites excluding steroid dienone is 1. The van der Waals surface area contributed by atoms with Crippen LogP contribution in [0.15, 0.2) is 12.2 Å². The second-order valence-corrected chi connectivity index (χ2v) is 5.78. The molecule has 1 aliphatic heterocycles. The van der Waals surface area contributed by atoms with Crippen LogP contribution in [0.4, 0.5) is 4.79 Å². The maximum atomic E-state index is 11.5. The van der Waals surface area contributed by atoms with Gasteiger partial charge in [0.25, 0.3) is 0 Å². The zero-order chi connectivity index (χ0) is 17.1. The first-order valence-corrected chi connectivity index (χ1v) is 8.11. The fourth-order valence-corrected chi connectivity index (χ4v) is 2.56. The van der Waals surface area contributed by atoms with Gasteiger partial charge in [0.1, 0.15) is 6.29 Å². The summed E-state index contributed by atoms with van der Waals surface area (Å²) in [4.78, 5) is 37.9. The van der Waals surface area contributed by atoms with Crippen LogP contribution in [0.1, 0.15) is 25.7 Å². The van der Waals surface area contributed by atoms with Gasteiger partial charge in [-0.25, -0.2) is 4.79 Å². The number of carboxylic acid groups (broad SMARTS) is 1. The van der Waals surface area contributed by atoms with E-state index in [9.17, 15) is 14.4 Å². The number of nitrogens with zero attached hydrogens (tertiary/aromatic N) is 3. The Labute approximate surface area is 137 Å². The van der Waals surface area contributed by atoms with Gasteiger partial charge in [0.15, 0.2) is 0 Å². The number of aldehydes is 1. The standard InChI is InChI=1S/C16H27N3O4/c1-17(15(21)7-6-14-20)8-4-2-3-5-9-18-10-12-19(13-11-18)16(22)23/h6-7,14H,2-5,8-13H2,1H3,(H,22,23)/b7-6-. The van der Waals surface area contributed by atoms with Crippen molar-refractivity contribution in [2.75, 3.05) is 46.3 Å². The average Bonchev–Trinajstić information content (AvgIpc) is 2.55. The third kappa shape index (κ3) is 7.78. The van der Waals surface area contributed by atoms with Gasteiger partial charge in [0.2, 0.25) is 5.91 Å². The highest BCUT2D eigenvalue weighted by Crippen LogP contribution is 2.06. The maximum Gasteiger partial charge on any atom is 0.407 e. The van der Waals surface area contributed by atoms with E-state index in [0.29, 0.717) is 25.9 Å². The predicted octanol–water partition coefficient (Wildman–Crippen LogP) is 1.06. The van der Waals surface area contributed by atoms with E-state index in [0.717, 1.165) is 45.3 Å². The van der Waals surface area contributed by atoms with Crippen molar-refractivity contribution in [2.24, 2.45) is 0 Å². The summed E-state index contributed by atoms with van der Waals surface area (Å²) in [6.07, 6.45) is 6.47. The highest BCUT2D eigenvalue weighted by Gasteiger charge is 2.19. The van der Waals surface area contributed by atoms with Crippen LogP contribution in [0.25, 0.3) is 0 Å². The Morgan fingerprint density at radius 2 is 1.74 bits per heavy atom. The first-order valence-electron chi connectivity index (χ1n) is 8.11. The Balaban J connectivity index is 2.02. The lowest BCUT2D eigenvalue weighted by Crippen LogP contribution is -2.48. The number of piperazine rings is 1. The van der Waals surface area contributed by atoms with Crippen molar-refractivity contribution in [3.8, 4) is 0 Å². The van der Waals surface area contributed by atoms with Crippen LogP contribution in [-0.2, 0) is 9.59 Å². The van der Waals surface area contributed by atoms with Crippen LogP contribution in [0, 0.1) is 0 Å². The number of hydrogen-bond donors (Lipinski definition) is 1. The Kier molecular flexibility index (Phi) is 8.97. The summed E-state index contributed by atoms with van der Waals surface area (Å²) in [7, 11) is 1.74. The topological polar surface area (TPSA) is 81.2 Å². The molecule has 7 heteroatoms. The number of rotatable bonds is 9. The monoisotopic (exact) mass is 325 g/mol. The lowest BCUT2D eigenvalue weighted by molar-refractivity contribution is -0.125. The first-order chi connectivity index (χ1) is 11.0. The van der Waals surface area contributed by atoms with E-state index in [-0.39, 0.29) is 5.91 Å². The first kappa shape index (κ1) is 19.2. The smallest absolute Gasteiger partial charge is 0.407 e. The summed E-state index contributed by atoms with van der Waals surface area (Å²) in [6, 6.07) is 0. The molecular formula is C16H27N3O4. The van der Waals surface area contributed by atoms with Crippen molar-refractivity contribution in [1.82, 2.24) is 14.7 Å². The lowest BCUT2D eigenvalue weighted by Gasteiger charge is -2.33. The van der Waals surface area contributed by atoms with Crippen LogP contribution in [0.5, 0.6) is 0 Å². The molecule has 2 amide bonds. The summed E-state index contributed by atoms with van der Waals surface area (Å²) in [5.41, 5.74) is 0. The molecule has 0 atom stereocenters. The molecule has 0 saturated carbocycles. The lowest BCUT2D eigenvalue weighted by atomic mass is 10.1.